The van der Waals surface area contributed by atoms with E-state index in [1.54, 1.807) is 24.2 Å². The van der Waals surface area contributed by atoms with Crippen LogP contribution in [0.3, 0.4) is 0 Å². The standard InChI is InChI=1S/C9H17NO2S/c1-4-7-10(9-5-6-9)13(11,12)8(2)3/h4,8-9H,1,5-7H2,2-3H3. The van der Waals surface area contributed by atoms with E-state index >= 15 is 0 Å². The van der Waals surface area contributed by atoms with Crippen molar-refractivity contribution in [3.05, 3.63) is 12.7 Å². The second-order valence-corrected chi connectivity index (χ2v) is 6.13. The maximum absolute atomic E-state index is 11.8. The predicted molar refractivity (Wildman–Crippen MR) is 54.0 cm³/mol. The summed E-state index contributed by atoms with van der Waals surface area (Å²) in [5, 5.41) is -0.326. The fourth-order valence-electron chi connectivity index (χ4n) is 1.22. The third-order valence-electron chi connectivity index (χ3n) is 2.19. The smallest absolute Gasteiger partial charge is 0.212 e. The Labute approximate surface area is 80.5 Å². The molecule has 0 unspecified atom stereocenters. The second kappa shape index (κ2) is 3.80. The Balaban J connectivity index is 2.79. The maximum Gasteiger partial charge on any atom is 0.216 e. The van der Waals surface area contributed by atoms with Gasteiger partial charge in [0.25, 0.3) is 0 Å². The molecule has 0 aromatic carbocycles. The van der Waals surface area contributed by atoms with Crippen molar-refractivity contribution in [2.24, 2.45) is 0 Å². The van der Waals surface area contributed by atoms with Crippen LogP contribution in [-0.2, 0) is 10.0 Å². The van der Waals surface area contributed by atoms with E-state index in [0.717, 1.165) is 12.8 Å². The molecule has 1 rings (SSSR count). The van der Waals surface area contributed by atoms with Gasteiger partial charge in [0.05, 0.1) is 5.25 Å². The molecular formula is C9H17NO2S. The van der Waals surface area contributed by atoms with Gasteiger partial charge in [0, 0.05) is 12.6 Å². The molecule has 0 aromatic rings. The van der Waals surface area contributed by atoms with Crippen molar-refractivity contribution in [2.45, 2.75) is 38.0 Å². The van der Waals surface area contributed by atoms with E-state index in [4.69, 9.17) is 0 Å². The lowest BCUT2D eigenvalue weighted by atomic mass is 10.6. The molecule has 76 valence electrons. The Morgan fingerprint density at radius 3 is 2.38 bits per heavy atom. The minimum absolute atomic E-state index is 0.241. The van der Waals surface area contributed by atoms with Gasteiger partial charge in [0.2, 0.25) is 10.0 Å². The normalized spacial score (nSPS) is 18.2. The van der Waals surface area contributed by atoms with E-state index in [2.05, 4.69) is 6.58 Å². The highest BCUT2D eigenvalue weighted by Gasteiger charge is 2.37. The topological polar surface area (TPSA) is 37.4 Å². The molecule has 1 aliphatic rings. The molecule has 3 nitrogen and oxygen atoms in total. The maximum atomic E-state index is 11.8. The van der Waals surface area contributed by atoms with E-state index < -0.39 is 10.0 Å². The highest BCUT2D eigenvalue weighted by Crippen LogP contribution is 2.30. The predicted octanol–water partition coefficient (Wildman–Crippen LogP) is 1.38. The minimum Gasteiger partial charge on any atom is -0.212 e. The number of hydrogen-bond donors (Lipinski definition) is 0. The van der Waals surface area contributed by atoms with Crippen molar-refractivity contribution in [1.82, 2.24) is 4.31 Å². The lowest BCUT2D eigenvalue weighted by molar-refractivity contribution is 0.430. The molecule has 0 heterocycles. The average molecular weight is 203 g/mol. The van der Waals surface area contributed by atoms with Crippen LogP contribution in [0.25, 0.3) is 0 Å². The number of sulfonamides is 1. The molecule has 1 fully saturated rings. The fourth-order valence-corrected chi connectivity index (χ4v) is 2.70. The van der Waals surface area contributed by atoms with Gasteiger partial charge >= 0.3 is 0 Å². The van der Waals surface area contributed by atoms with Crippen LogP contribution in [-0.4, -0.2) is 30.6 Å². The zero-order valence-corrected chi connectivity index (χ0v) is 9.05. The molecule has 0 saturated heterocycles. The number of nitrogens with zero attached hydrogens (tertiary/aromatic N) is 1. The van der Waals surface area contributed by atoms with Crippen LogP contribution in [0, 0.1) is 0 Å². The molecule has 4 heteroatoms. The highest BCUT2D eigenvalue weighted by molar-refractivity contribution is 7.89. The third-order valence-corrected chi connectivity index (χ3v) is 4.48. The molecular weight excluding hydrogens is 186 g/mol. The van der Waals surface area contributed by atoms with Crippen LogP contribution in [0.4, 0.5) is 0 Å². The van der Waals surface area contributed by atoms with Gasteiger partial charge < -0.3 is 0 Å². The first kappa shape index (κ1) is 10.7. The van der Waals surface area contributed by atoms with E-state index in [-0.39, 0.29) is 11.3 Å². The van der Waals surface area contributed by atoms with Crippen molar-refractivity contribution in [1.29, 1.82) is 0 Å². The van der Waals surface area contributed by atoms with Gasteiger partial charge in [0.1, 0.15) is 0 Å². The summed E-state index contributed by atoms with van der Waals surface area (Å²) in [7, 11) is -3.08. The van der Waals surface area contributed by atoms with Crippen molar-refractivity contribution in [3.8, 4) is 0 Å². The lowest BCUT2D eigenvalue weighted by Crippen LogP contribution is -2.38. The largest absolute Gasteiger partial charge is 0.216 e. The monoisotopic (exact) mass is 203 g/mol. The quantitative estimate of drug-likeness (QED) is 0.633. The van der Waals surface area contributed by atoms with Gasteiger partial charge in [-0.3, -0.25) is 0 Å². The summed E-state index contributed by atoms with van der Waals surface area (Å²) in [6, 6.07) is 0.241. The van der Waals surface area contributed by atoms with Gasteiger partial charge in [-0.15, -0.1) is 6.58 Å². The Bertz CT molecular complexity index is 278. The van der Waals surface area contributed by atoms with Crippen LogP contribution < -0.4 is 0 Å². The molecule has 0 N–H and O–H groups in total. The second-order valence-electron chi connectivity index (χ2n) is 3.68. The molecule has 0 atom stereocenters. The zero-order chi connectivity index (χ0) is 10.1. The van der Waals surface area contributed by atoms with E-state index in [0.29, 0.717) is 6.54 Å². The van der Waals surface area contributed by atoms with Gasteiger partial charge in [-0.25, -0.2) is 8.42 Å². The van der Waals surface area contributed by atoms with Crippen molar-refractivity contribution < 1.29 is 8.42 Å². The third kappa shape index (κ3) is 2.31. The Hall–Kier alpha value is -0.350. The van der Waals surface area contributed by atoms with Gasteiger partial charge in [-0.05, 0) is 26.7 Å². The molecule has 0 aromatic heterocycles. The molecule has 1 saturated carbocycles. The van der Waals surface area contributed by atoms with Crippen molar-refractivity contribution in [2.75, 3.05) is 6.54 Å². The Kier molecular flexibility index (Phi) is 3.14. The first-order valence-corrected chi connectivity index (χ1v) is 6.12. The van der Waals surface area contributed by atoms with Crippen LogP contribution in [0.1, 0.15) is 26.7 Å². The summed E-state index contributed by atoms with van der Waals surface area (Å²) in [6.07, 6.45) is 3.65. The molecule has 1 aliphatic carbocycles. The molecule has 0 spiro atoms. The minimum atomic E-state index is -3.08. The molecule has 0 aliphatic heterocycles. The van der Waals surface area contributed by atoms with E-state index in [1.807, 2.05) is 0 Å². The van der Waals surface area contributed by atoms with Crippen molar-refractivity contribution >= 4 is 10.0 Å². The van der Waals surface area contributed by atoms with Crippen LogP contribution in [0.15, 0.2) is 12.7 Å². The van der Waals surface area contributed by atoms with Crippen LogP contribution in [0.5, 0.6) is 0 Å². The van der Waals surface area contributed by atoms with Crippen LogP contribution in [0.2, 0.25) is 0 Å². The van der Waals surface area contributed by atoms with E-state index in [9.17, 15) is 8.42 Å². The fraction of sp³-hybridized carbons (Fsp3) is 0.778. The molecule has 13 heavy (non-hydrogen) atoms. The van der Waals surface area contributed by atoms with Gasteiger partial charge in [-0.1, -0.05) is 6.08 Å². The first-order chi connectivity index (χ1) is 6.00. The summed E-state index contributed by atoms with van der Waals surface area (Å²) < 4.78 is 25.1. The number of hydrogen-bond acceptors (Lipinski definition) is 2. The summed E-state index contributed by atoms with van der Waals surface area (Å²) in [6.45, 7) is 7.46. The summed E-state index contributed by atoms with van der Waals surface area (Å²) in [5.41, 5.74) is 0. The first-order valence-electron chi connectivity index (χ1n) is 4.61. The average Bonchev–Trinajstić information content (AvgIpc) is 2.82. The summed E-state index contributed by atoms with van der Waals surface area (Å²) >= 11 is 0. The SMILES string of the molecule is C=CCN(C1CC1)S(=O)(=O)C(C)C. The van der Waals surface area contributed by atoms with E-state index in [1.165, 1.54) is 0 Å². The van der Waals surface area contributed by atoms with Gasteiger partial charge in [-0.2, -0.15) is 4.31 Å². The highest BCUT2D eigenvalue weighted by atomic mass is 32.2. The Morgan fingerprint density at radius 1 is 1.54 bits per heavy atom. The number of rotatable bonds is 5. The van der Waals surface area contributed by atoms with Crippen molar-refractivity contribution in [3.63, 3.8) is 0 Å². The molecule has 0 amide bonds. The Morgan fingerprint density at radius 2 is 2.08 bits per heavy atom. The summed E-state index contributed by atoms with van der Waals surface area (Å²) in [4.78, 5) is 0. The lowest BCUT2D eigenvalue weighted by Gasteiger charge is -2.22. The summed E-state index contributed by atoms with van der Waals surface area (Å²) in [5.74, 6) is 0. The molecule has 0 bridgehead atoms. The van der Waals surface area contributed by atoms with Crippen LogP contribution >= 0.6 is 0 Å². The van der Waals surface area contributed by atoms with Gasteiger partial charge in [0.15, 0.2) is 0 Å². The zero-order valence-electron chi connectivity index (χ0n) is 8.23. The molecule has 0 radical (unpaired) electrons.